The minimum absolute atomic E-state index is 0.130. The Balaban J connectivity index is 1.50. The van der Waals surface area contributed by atoms with Crippen molar-refractivity contribution in [3.63, 3.8) is 0 Å². The van der Waals surface area contributed by atoms with Gasteiger partial charge in [0.1, 0.15) is 11.6 Å². The summed E-state index contributed by atoms with van der Waals surface area (Å²) in [6.45, 7) is 9.39. The van der Waals surface area contributed by atoms with E-state index in [1.807, 2.05) is 20.8 Å². The lowest BCUT2D eigenvalue weighted by molar-refractivity contribution is 0.0788. The first-order chi connectivity index (χ1) is 17.2. The number of benzene rings is 1. The van der Waals surface area contributed by atoms with Gasteiger partial charge in [0.15, 0.2) is 5.82 Å². The van der Waals surface area contributed by atoms with E-state index in [4.69, 9.17) is 22.1 Å². The number of ether oxygens (including phenoxy) is 1. The van der Waals surface area contributed by atoms with E-state index in [2.05, 4.69) is 22.2 Å². The molecule has 1 aromatic heterocycles. The smallest absolute Gasteiger partial charge is 0.258 e. The first-order valence-electron chi connectivity index (χ1n) is 12.6. The van der Waals surface area contributed by atoms with Crippen LogP contribution in [0.1, 0.15) is 67.1 Å². The summed E-state index contributed by atoms with van der Waals surface area (Å²) in [7, 11) is 0. The lowest BCUT2D eigenvalue weighted by Gasteiger charge is -2.31. The number of piperidine rings is 1. The van der Waals surface area contributed by atoms with Crippen molar-refractivity contribution in [2.24, 2.45) is 11.7 Å². The predicted octanol–water partition coefficient (Wildman–Crippen LogP) is 4.65. The standard InChI is InChI=1S/C27H35ClFN5O2/c1-5-20(11-19-8-6-15(2)12-31-19)36-24-10-18(29)7-9-21(24)27(35)34-13-22(23(30)14-34)26-32-16(3)25(28)17(4)33-26/h7,9-10,15,19-20,31H,5-6,8,11-14,30H2,1-4H3/t15-,19?,20?/m1/s1. The second-order valence-corrected chi connectivity index (χ2v) is 10.4. The molecular weight excluding hydrogens is 481 g/mol. The molecule has 2 unspecified atom stereocenters. The van der Waals surface area contributed by atoms with E-state index in [1.54, 1.807) is 4.90 Å². The molecule has 0 bridgehead atoms. The molecule has 0 aliphatic carbocycles. The maximum absolute atomic E-state index is 14.2. The quantitative estimate of drug-likeness (QED) is 0.557. The minimum Gasteiger partial charge on any atom is -0.489 e. The molecule has 2 aromatic rings. The van der Waals surface area contributed by atoms with Crippen LogP contribution in [-0.4, -0.2) is 52.6 Å². The monoisotopic (exact) mass is 515 g/mol. The highest BCUT2D eigenvalue weighted by Crippen LogP contribution is 2.30. The zero-order valence-corrected chi connectivity index (χ0v) is 22.2. The number of amides is 1. The van der Waals surface area contributed by atoms with Gasteiger partial charge in [-0.05, 0) is 64.1 Å². The van der Waals surface area contributed by atoms with E-state index in [-0.39, 0.29) is 30.9 Å². The third kappa shape index (κ3) is 5.81. The number of aryl methyl sites for hydroxylation is 2. The van der Waals surface area contributed by atoms with Crippen molar-refractivity contribution in [3.8, 4) is 5.75 Å². The van der Waals surface area contributed by atoms with E-state index >= 15 is 0 Å². The van der Waals surface area contributed by atoms with Crippen molar-refractivity contribution >= 4 is 23.1 Å². The van der Waals surface area contributed by atoms with Crippen LogP contribution < -0.4 is 15.8 Å². The SMILES string of the molecule is CCC(CC1CC[C@@H](C)CN1)Oc1cc(F)ccc1C(=O)N1CC(N)=C(c2nc(C)c(Cl)c(C)n2)C1. The highest BCUT2D eigenvalue weighted by atomic mass is 35.5. The average Bonchev–Trinajstić information content (AvgIpc) is 3.24. The van der Waals surface area contributed by atoms with Crippen molar-refractivity contribution in [2.75, 3.05) is 19.6 Å². The summed E-state index contributed by atoms with van der Waals surface area (Å²) in [4.78, 5) is 24.1. The van der Waals surface area contributed by atoms with Gasteiger partial charge in [0, 0.05) is 23.4 Å². The Hall–Kier alpha value is -2.71. The number of hydrogen-bond acceptors (Lipinski definition) is 6. The first kappa shape index (κ1) is 26.4. The Morgan fingerprint density at radius 3 is 2.64 bits per heavy atom. The van der Waals surface area contributed by atoms with Gasteiger partial charge in [-0.25, -0.2) is 14.4 Å². The van der Waals surface area contributed by atoms with Gasteiger partial charge in [-0.3, -0.25) is 4.79 Å². The van der Waals surface area contributed by atoms with Crippen LogP contribution in [0.2, 0.25) is 5.02 Å². The number of carbonyl (C=O) groups is 1. The van der Waals surface area contributed by atoms with Crippen LogP contribution in [0.3, 0.4) is 0 Å². The van der Waals surface area contributed by atoms with Crippen LogP contribution in [0, 0.1) is 25.6 Å². The molecule has 36 heavy (non-hydrogen) atoms. The molecule has 0 spiro atoms. The van der Waals surface area contributed by atoms with Gasteiger partial charge in [-0.2, -0.15) is 0 Å². The lowest BCUT2D eigenvalue weighted by Crippen LogP contribution is -2.41. The summed E-state index contributed by atoms with van der Waals surface area (Å²) >= 11 is 6.22. The summed E-state index contributed by atoms with van der Waals surface area (Å²) in [5.74, 6) is 0.689. The average molecular weight is 516 g/mol. The fourth-order valence-electron chi connectivity index (χ4n) is 4.84. The summed E-state index contributed by atoms with van der Waals surface area (Å²) < 4.78 is 20.5. The van der Waals surface area contributed by atoms with E-state index in [0.717, 1.165) is 25.8 Å². The maximum atomic E-state index is 14.2. The molecule has 7 nitrogen and oxygen atoms in total. The fourth-order valence-corrected chi connectivity index (χ4v) is 4.92. The van der Waals surface area contributed by atoms with Crippen LogP contribution >= 0.6 is 11.6 Å². The van der Waals surface area contributed by atoms with Crippen molar-refractivity contribution < 1.29 is 13.9 Å². The zero-order valence-electron chi connectivity index (χ0n) is 21.4. The van der Waals surface area contributed by atoms with Crippen LogP contribution in [0.5, 0.6) is 5.75 Å². The molecule has 194 valence electrons. The van der Waals surface area contributed by atoms with Gasteiger partial charge in [0.05, 0.1) is 41.2 Å². The Morgan fingerprint density at radius 1 is 1.28 bits per heavy atom. The molecule has 3 heterocycles. The van der Waals surface area contributed by atoms with E-state index in [0.29, 0.717) is 51.0 Å². The Kier molecular flexibility index (Phi) is 8.15. The highest BCUT2D eigenvalue weighted by molar-refractivity contribution is 6.31. The van der Waals surface area contributed by atoms with Crippen LogP contribution in [0.4, 0.5) is 4.39 Å². The van der Waals surface area contributed by atoms with Crippen LogP contribution in [0.15, 0.2) is 23.9 Å². The lowest BCUT2D eigenvalue weighted by atomic mass is 9.92. The first-order valence-corrected chi connectivity index (χ1v) is 13.0. The zero-order chi connectivity index (χ0) is 26.0. The number of nitrogens with zero attached hydrogens (tertiary/aromatic N) is 3. The molecule has 4 rings (SSSR count). The normalized spacial score (nSPS) is 21.1. The number of nitrogens with two attached hydrogens (primary N) is 1. The van der Waals surface area contributed by atoms with Gasteiger partial charge >= 0.3 is 0 Å². The number of nitrogens with one attached hydrogen (secondary N) is 1. The third-order valence-corrected chi connectivity index (χ3v) is 7.62. The third-order valence-electron chi connectivity index (χ3n) is 7.07. The van der Waals surface area contributed by atoms with Gasteiger partial charge < -0.3 is 20.7 Å². The van der Waals surface area contributed by atoms with E-state index in [1.165, 1.54) is 24.6 Å². The molecule has 3 N–H and O–H groups in total. The summed E-state index contributed by atoms with van der Waals surface area (Å²) in [6, 6.07) is 4.43. The number of hydrogen-bond donors (Lipinski definition) is 2. The van der Waals surface area contributed by atoms with Crippen molar-refractivity contribution in [1.29, 1.82) is 0 Å². The molecule has 1 fully saturated rings. The molecule has 0 radical (unpaired) electrons. The molecule has 2 aliphatic rings. The fraction of sp³-hybridized carbons (Fsp3) is 0.519. The van der Waals surface area contributed by atoms with Gasteiger partial charge in [0.25, 0.3) is 5.91 Å². The summed E-state index contributed by atoms with van der Waals surface area (Å²) in [6.07, 6.45) is 3.70. The van der Waals surface area contributed by atoms with E-state index < -0.39 is 5.82 Å². The summed E-state index contributed by atoms with van der Waals surface area (Å²) in [5, 5.41) is 4.09. The van der Waals surface area contributed by atoms with Crippen molar-refractivity contribution in [1.82, 2.24) is 20.2 Å². The molecule has 1 saturated heterocycles. The van der Waals surface area contributed by atoms with Crippen molar-refractivity contribution in [3.05, 3.63) is 57.5 Å². The van der Waals surface area contributed by atoms with Crippen LogP contribution in [-0.2, 0) is 0 Å². The van der Waals surface area contributed by atoms with Crippen molar-refractivity contribution in [2.45, 2.75) is 65.5 Å². The molecular formula is C27H35ClFN5O2. The number of rotatable bonds is 7. The topological polar surface area (TPSA) is 93.4 Å². The molecule has 1 amide bonds. The predicted molar refractivity (Wildman–Crippen MR) is 139 cm³/mol. The number of halogens is 2. The minimum atomic E-state index is -0.443. The molecule has 2 aliphatic heterocycles. The number of carbonyl (C=O) groups excluding carboxylic acids is 1. The largest absolute Gasteiger partial charge is 0.489 e. The van der Waals surface area contributed by atoms with Gasteiger partial charge in [-0.15, -0.1) is 0 Å². The molecule has 9 heteroatoms. The highest BCUT2D eigenvalue weighted by Gasteiger charge is 2.30. The Labute approximate surface area is 217 Å². The second kappa shape index (κ2) is 11.1. The molecule has 1 aromatic carbocycles. The van der Waals surface area contributed by atoms with Gasteiger partial charge in [0.2, 0.25) is 0 Å². The second-order valence-electron chi connectivity index (χ2n) is 10.0. The van der Waals surface area contributed by atoms with E-state index in [9.17, 15) is 9.18 Å². The molecule has 3 atom stereocenters. The van der Waals surface area contributed by atoms with Crippen LogP contribution in [0.25, 0.3) is 5.57 Å². The Morgan fingerprint density at radius 2 is 2.00 bits per heavy atom. The summed E-state index contributed by atoms with van der Waals surface area (Å²) in [5.41, 5.74) is 9.16. The number of aromatic nitrogens is 2. The Bertz CT molecular complexity index is 1140. The maximum Gasteiger partial charge on any atom is 0.258 e. The molecule has 0 saturated carbocycles. The van der Waals surface area contributed by atoms with Gasteiger partial charge in [-0.1, -0.05) is 25.4 Å².